The van der Waals surface area contributed by atoms with Gasteiger partial charge in [0.25, 0.3) is 0 Å². The van der Waals surface area contributed by atoms with E-state index in [0.29, 0.717) is 6.04 Å². The average molecular weight is 252 g/mol. The zero-order valence-corrected chi connectivity index (χ0v) is 12.6. The number of rotatable bonds is 5. The van der Waals surface area contributed by atoms with Crippen LogP contribution in [0.1, 0.15) is 65.7 Å². The van der Waals surface area contributed by atoms with Crippen LogP contribution >= 0.6 is 0 Å². The van der Waals surface area contributed by atoms with Crippen LogP contribution in [0.3, 0.4) is 0 Å². The maximum atomic E-state index is 3.60. The van der Waals surface area contributed by atoms with E-state index >= 15 is 0 Å². The molecule has 18 heavy (non-hydrogen) atoms. The van der Waals surface area contributed by atoms with Crippen molar-refractivity contribution in [3.63, 3.8) is 0 Å². The van der Waals surface area contributed by atoms with Crippen LogP contribution in [0.5, 0.6) is 0 Å². The van der Waals surface area contributed by atoms with Gasteiger partial charge >= 0.3 is 0 Å². The van der Waals surface area contributed by atoms with Crippen molar-refractivity contribution < 1.29 is 0 Å². The monoisotopic (exact) mass is 252 g/mol. The molecule has 0 amide bonds. The van der Waals surface area contributed by atoms with Crippen LogP contribution in [0, 0.1) is 5.92 Å². The molecule has 2 rings (SSSR count). The summed E-state index contributed by atoms with van der Waals surface area (Å²) in [5.41, 5.74) is 0. The molecule has 0 aromatic heterocycles. The second-order valence-electron chi connectivity index (χ2n) is 6.89. The molecule has 1 aliphatic carbocycles. The zero-order chi connectivity index (χ0) is 13.0. The Morgan fingerprint density at radius 3 is 2.44 bits per heavy atom. The molecular weight excluding hydrogens is 220 g/mol. The summed E-state index contributed by atoms with van der Waals surface area (Å²) in [5, 5.41) is 3.60. The third-order valence-corrected chi connectivity index (χ3v) is 4.82. The van der Waals surface area contributed by atoms with Crippen LogP contribution in [0.2, 0.25) is 0 Å². The lowest BCUT2D eigenvalue weighted by Gasteiger charge is -2.41. The van der Waals surface area contributed by atoms with E-state index in [1.54, 1.807) is 0 Å². The second kappa shape index (κ2) is 6.91. The minimum absolute atomic E-state index is 0.715. The molecule has 0 aromatic rings. The van der Waals surface area contributed by atoms with Crippen molar-refractivity contribution in [3.05, 3.63) is 0 Å². The van der Waals surface area contributed by atoms with Gasteiger partial charge in [0.15, 0.2) is 0 Å². The number of hydrogen-bond acceptors (Lipinski definition) is 2. The van der Waals surface area contributed by atoms with Gasteiger partial charge in [-0.25, -0.2) is 0 Å². The average Bonchev–Trinajstić information content (AvgIpc) is 2.83. The summed E-state index contributed by atoms with van der Waals surface area (Å²) in [6.07, 6.45) is 9.92. The summed E-state index contributed by atoms with van der Waals surface area (Å²) < 4.78 is 0. The topological polar surface area (TPSA) is 15.3 Å². The molecule has 1 heterocycles. The Balaban J connectivity index is 1.93. The highest BCUT2D eigenvalue weighted by atomic mass is 15.2. The van der Waals surface area contributed by atoms with Gasteiger partial charge in [0.2, 0.25) is 0 Å². The lowest BCUT2D eigenvalue weighted by atomic mass is 9.96. The molecule has 1 N–H and O–H groups in total. The molecule has 2 aliphatic rings. The van der Waals surface area contributed by atoms with E-state index in [2.05, 4.69) is 31.0 Å². The maximum absolute atomic E-state index is 3.60. The lowest BCUT2D eigenvalue weighted by molar-refractivity contribution is 0.0942. The fraction of sp³-hybridized carbons (Fsp3) is 1.00. The van der Waals surface area contributed by atoms with Gasteiger partial charge in [-0.3, -0.25) is 4.90 Å². The molecule has 0 spiro atoms. The highest BCUT2D eigenvalue weighted by molar-refractivity contribution is 4.88. The van der Waals surface area contributed by atoms with Crippen molar-refractivity contribution in [1.82, 2.24) is 10.2 Å². The minimum Gasteiger partial charge on any atom is -0.314 e. The largest absolute Gasteiger partial charge is 0.314 e. The Bertz CT molecular complexity index is 233. The van der Waals surface area contributed by atoms with Gasteiger partial charge in [0.05, 0.1) is 0 Å². The van der Waals surface area contributed by atoms with Crippen LogP contribution in [0.25, 0.3) is 0 Å². The third kappa shape index (κ3) is 3.96. The van der Waals surface area contributed by atoms with Crippen LogP contribution in [0.4, 0.5) is 0 Å². The van der Waals surface area contributed by atoms with E-state index in [1.807, 2.05) is 0 Å². The van der Waals surface area contributed by atoms with E-state index in [4.69, 9.17) is 0 Å². The molecular formula is C16H32N2. The SMILES string of the molecule is CC(C)CCN(C1CCCC1)C1CCNC(C)C1. The molecule has 0 bridgehead atoms. The fourth-order valence-electron chi connectivity index (χ4n) is 3.71. The van der Waals surface area contributed by atoms with E-state index in [9.17, 15) is 0 Å². The van der Waals surface area contributed by atoms with Gasteiger partial charge in [-0.2, -0.15) is 0 Å². The summed E-state index contributed by atoms with van der Waals surface area (Å²) in [4.78, 5) is 2.89. The van der Waals surface area contributed by atoms with E-state index < -0.39 is 0 Å². The first kappa shape index (κ1) is 14.3. The van der Waals surface area contributed by atoms with Crippen LogP contribution in [0.15, 0.2) is 0 Å². The summed E-state index contributed by atoms with van der Waals surface area (Å²) >= 11 is 0. The first-order valence-electron chi connectivity index (χ1n) is 8.16. The number of nitrogens with zero attached hydrogens (tertiary/aromatic N) is 1. The van der Waals surface area contributed by atoms with Crippen molar-refractivity contribution in [3.8, 4) is 0 Å². The molecule has 1 saturated carbocycles. The Kier molecular flexibility index (Phi) is 5.50. The van der Waals surface area contributed by atoms with Crippen LogP contribution in [-0.2, 0) is 0 Å². The minimum atomic E-state index is 0.715. The standard InChI is InChI=1S/C16H32N2/c1-13(2)9-11-18(15-6-4-5-7-15)16-8-10-17-14(3)12-16/h13-17H,4-12H2,1-3H3. The molecule has 2 fully saturated rings. The summed E-state index contributed by atoms with van der Waals surface area (Å²) in [7, 11) is 0. The van der Waals surface area contributed by atoms with Crippen molar-refractivity contribution in [2.45, 2.75) is 83.8 Å². The first-order valence-corrected chi connectivity index (χ1v) is 8.16. The molecule has 0 aromatic carbocycles. The molecule has 1 saturated heterocycles. The van der Waals surface area contributed by atoms with Gasteiger partial charge in [0.1, 0.15) is 0 Å². The van der Waals surface area contributed by atoms with E-state index in [-0.39, 0.29) is 0 Å². The Labute approximate surface area is 114 Å². The third-order valence-electron chi connectivity index (χ3n) is 4.82. The molecule has 0 radical (unpaired) electrons. The second-order valence-corrected chi connectivity index (χ2v) is 6.89. The maximum Gasteiger partial charge on any atom is 0.0125 e. The van der Waals surface area contributed by atoms with Gasteiger partial charge in [-0.15, -0.1) is 0 Å². The fourth-order valence-corrected chi connectivity index (χ4v) is 3.71. The highest BCUT2D eigenvalue weighted by Crippen LogP contribution is 2.29. The van der Waals surface area contributed by atoms with Crippen LogP contribution < -0.4 is 5.32 Å². The molecule has 2 nitrogen and oxygen atoms in total. The van der Waals surface area contributed by atoms with Crippen molar-refractivity contribution >= 4 is 0 Å². The molecule has 2 atom stereocenters. The predicted molar refractivity (Wildman–Crippen MR) is 78.9 cm³/mol. The van der Waals surface area contributed by atoms with Gasteiger partial charge in [-0.05, 0) is 58.0 Å². The molecule has 2 heteroatoms. The highest BCUT2D eigenvalue weighted by Gasteiger charge is 2.30. The quantitative estimate of drug-likeness (QED) is 0.806. The smallest absolute Gasteiger partial charge is 0.0125 e. The summed E-state index contributed by atoms with van der Waals surface area (Å²) in [5.74, 6) is 0.841. The lowest BCUT2D eigenvalue weighted by Crippen LogP contribution is -2.50. The van der Waals surface area contributed by atoms with Crippen LogP contribution in [-0.4, -0.2) is 36.1 Å². The molecule has 2 unspecified atom stereocenters. The van der Waals surface area contributed by atoms with Crippen molar-refractivity contribution in [2.75, 3.05) is 13.1 Å². The van der Waals surface area contributed by atoms with E-state index in [0.717, 1.165) is 18.0 Å². The zero-order valence-electron chi connectivity index (χ0n) is 12.6. The molecule has 1 aliphatic heterocycles. The Morgan fingerprint density at radius 2 is 1.83 bits per heavy atom. The van der Waals surface area contributed by atoms with Gasteiger partial charge in [-0.1, -0.05) is 26.7 Å². The van der Waals surface area contributed by atoms with E-state index in [1.165, 1.54) is 58.0 Å². The summed E-state index contributed by atoms with van der Waals surface area (Å²) in [6.45, 7) is 9.62. The van der Waals surface area contributed by atoms with Crippen molar-refractivity contribution in [2.24, 2.45) is 5.92 Å². The van der Waals surface area contributed by atoms with Gasteiger partial charge in [0, 0.05) is 18.1 Å². The number of hydrogen-bond donors (Lipinski definition) is 1. The first-order chi connectivity index (χ1) is 8.66. The number of nitrogens with one attached hydrogen (secondary N) is 1. The predicted octanol–water partition coefficient (Wildman–Crippen LogP) is 3.42. The Hall–Kier alpha value is -0.0800. The Morgan fingerprint density at radius 1 is 1.11 bits per heavy atom. The van der Waals surface area contributed by atoms with Crippen molar-refractivity contribution in [1.29, 1.82) is 0 Å². The normalized spacial score (nSPS) is 30.5. The van der Waals surface area contributed by atoms with Gasteiger partial charge < -0.3 is 5.32 Å². The number of piperidine rings is 1. The molecule has 106 valence electrons. The summed E-state index contributed by atoms with van der Waals surface area (Å²) in [6, 6.07) is 2.47.